The van der Waals surface area contributed by atoms with Gasteiger partial charge in [-0.15, -0.1) is 11.6 Å². The Labute approximate surface area is 139 Å². The number of pyridine rings is 1. The Kier molecular flexibility index (Phi) is 6.16. The molecule has 1 aromatic rings. The molecule has 0 amide bonds. The van der Waals surface area contributed by atoms with Crippen LogP contribution in [0.1, 0.15) is 30.5 Å². The van der Waals surface area contributed by atoms with Crippen LogP contribution in [-0.4, -0.2) is 43.7 Å². The van der Waals surface area contributed by atoms with Gasteiger partial charge in [0.25, 0.3) is 6.43 Å². The first kappa shape index (κ1) is 18.4. The maximum atomic E-state index is 13.1. The van der Waals surface area contributed by atoms with E-state index in [4.69, 9.17) is 16.3 Å². The summed E-state index contributed by atoms with van der Waals surface area (Å²) < 4.78 is 56.0. The number of hydrogen-bond donors (Lipinski definition) is 0. The van der Waals surface area contributed by atoms with Crippen molar-refractivity contribution >= 4 is 21.6 Å². The molecular weight excluding hydrogens is 350 g/mol. The van der Waals surface area contributed by atoms with Gasteiger partial charge in [-0.2, -0.15) is 0 Å². The number of nitrogens with zero attached hydrogens (tertiary/aromatic N) is 2. The van der Waals surface area contributed by atoms with Crippen molar-refractivity contribution in [1.29, 1.82) is 0 Å². The molecule has 1 aliphatic heterocycles. The van der Waals surface area contributed by atoms with Crippen LogP contribution in [0.25, 0.3) is 0 Å². The highest BCUT2D eigenvalue weighted by molar-refractivity contribution is 7.88. The van der Waals surface area contributed by atoms with Crippen LogP contribution < -0.4 is 4.74 Å². The van der Waals surface area contributed by atoms with Crippen molar-refractivity contribution in [2.75, 3.05) is 26.0 Å². The summed E-state index contributed by atoms with van der Waals surface area (Å²) in [6.45, 7) is 1.12. The monoisotopic (exact) mass is 368 g/mol. The Hall–Kier alpha value is -0.990. The highest BCUT2D eigenvalue weighted by Crippen LogP contribution is 2.30. The van der Waals surface area contributed by atoms with Crippen LogP contribution in [0.2, 0.25) is 0 Å². The molecule has 1 saturated heterocycles. The molecule has 9 heteroatoms. The lowest BCUT2D eigenvalue weighted by Gasteiger charge is -2.30. The molecule has 0 unspecified atom stereocenters. The van der Waals surface area contributed by atoms with Crippen LogP contribution in [0.4, 0.5) is 8.78 Å². The van der Waals surface area contributed by atoms with E-state index in [0.717, 1.165) is 0 Å². The molecule has 0 N–H and O–H groups in total. The zero-order valence-corrected chi connectivity index (χ0v) is 14.3. The lowest BCUT2D eigenvalue weighted by Crippen LogP contribution is -2.39. The summed E-state index contributed by atoms with van der Waals surface area (Å²) in [5.74, 6) is 0.245. The number of rotatable bonds is 6. The molecule has 0 spiro atoms. The van der Waals surface area contributed by atoms with E-state index in [1.54, 1.807) is 0 Å². The van der Waals surface area contributed by atoms with Gasteiger partial charge in [-0.05, 0) is 24.8 Å². The third-order valence-corrected chi connectivity index (χ3v) is 5.42. The average Bonchev–Trinajstić information content (AvgIpc) is 2.52. The molecule has 23 heavy (non-hydrogen) atoms. The van der Waals surface area contributed by atoms with Crippen LogP contribution in [0, 0.1) is 5.92 Å². The molecule has 0 bridgehead atoms. The molecule has 0 aliphatic carbocycles. The van der Waals surface area contributed by atoms with Crippen molar-refractivity contribution < 1.29 is 21.9 Å². The van der Waals surface area contributed by atoms with Gasteiger partial charge in [-0.1, -0.05) is 0 Å². The lowest BCUT2D eigenvalue weighted by molar-refractivity contribution is 0.138. The smallest absolute Gasteiger partial charge is 0.267 e. The number of aromatic nitrogens is 1. The fraction of sp³-hybridized carbons (Fsp3) is 0.643. The van der Waals surface area contributed by atoms with Crippen LogP contribution in [0.3, 0.4) is 0 Å². The van der Waals surface area contributed by atoms with Gasteiger partial charge in [0.15, 0.2) is 0 Å². The number of ether oxygens (including phenoxy) is 1. The van der Waals surface area contributed by atoms with Gasteiger partial charge >= 0.3 is 0 Å². The first-order valence-corrected chi connectivity index (χ1v) is 9.60. The van der Waals surface area contributed by atoms with E-state index >= 15 is 0 Å². The minimum absolute atomic E-state index is 0.0550. The van der Waals surface area contributed by atoms with Crippen molar-refractivity contribution in [2.45, 2.75) is 25.1 Å². The molecule has 0 saturated carbocycles. The predicted octanol–water partition coefficient (Wildman–Crippen LogP) is 2.81. The summed E-state index contributed by atoms with van der Waals surface area (Å²) in [7, 11) is -3.17. The van der Waals surface area contributed by atoms with Gasteiger partial charge in [-0.3, -0.25) is 4.98 Å². The number of piperidine rings is 1. The molecule has 130 valence electrons. The SMILES string of the molecule is CS(=O)(=O)N1CCC(COc2cnc(CCl)cc2C(F)F)CC1. The largest absolute Gasteiger partial charge is 0.491 e. The summed E-state index contributed by atoms with van der Waals surface area (Å²) in [5.41, 5.74) is 0.153. The third kappa shape index (κ3) is 4.99. The van der Waals surface area contributed by atoms with Crippen LogP contribution in [0.5, 0.6) is 5.75 Å². The Bertz CT molecular complexity index is 635. The van der Waals surface area contributed by atoms with Gasteiger partial charge < -0.3 is 4.74 Å². The second-order valence-electron chi connectivity index (χ2n) is 5.56. The molecular formula is C14H19ClF2N2O3S. The fourth-order valence-corrected chi connectivity index (χ4v) is 3.50. The van der Waals surface area contributed by atoms with Gasteiger partial charge in [-0.25, -0.2) is 21.5 Å². The molecule has 2 rings (SSSR count). The quantitative estimate of drug-likeness (QED) is 0.724. The van der Waals surface area contributed by atoms with Crippen molar-refractivity contribution in [1.82, 2.24) is 9.29 Å². The van der Waals surface area contributed by atoms with Crippen LogP contribution in [-0.2, 0) is 15.9 Å². The zero-order valence-electron chi connectivity index (χ0n) is 12.7. The van der Waals surface area contributed by atoms with E-state index in [9.17, 15) is 17.2 Å². The number of hydrogen-bond acceptors (Lipinski definition) is 4. The summed E-state index contributed by atoms with van der Waals surface area (Å²) >= 11 is 5.60. The van der Waals surface area contributed by atoms with Gasteiger partial charge in [0.1, 0.15) is 5.75 Å². The number of sulfonamides is 1. The average molecular weight is 369 g/mol. The van der Waals surface area contributed by atoms with Crippen molar-refractivity contribution in [3.05, 3.63) is 23.5 Å². The topological polar surface area (TPSA) is 59.5 Å². The summed E-state index contributed by atoms with van der Waals surface area (Å²) in [6, 6.07) is 1.25. The second kappa shape index (κ2) is 7.72. The van der Waals surface area contributed by atoms with Gasteiger partial charge in [0.05, 0.1) is 36.2 Å². The van der Waals surface area contributed by atoms with E-state index in [0.29, 0.717) is 31.6 Å². The Morgan fingerprint density at radius 3 is 2.61 bits per heavy atom. The van der Waals surface area contributed by atoms with E-state index in [2.05, 4.69) is 4.98 Å². The molecule has 1 aliphatic rings. The Morgan fingerprint density at radius 2 is 2.09 bits per heavy atom. The fourth-order valence-electron chi connectivity index (χ4n) is 2.48. The molecule has 0 aromatic carbocycles. The maximum Gasteiger partial charge on any atom is 0.267 e. The number of alkyl halides is 3. The Morgan fingerprint density at radius 1 is 1.43 bits per heavy atom. The first-order valence-electron chi connectivity index (χ1n) is 7.22. The summed E-state index contributed by atoms with van der Waals surface area (Å²) in [6.07, 6.45) is 1.07. The van der Waals surface area contributed by atoms with Gasteiger partial charge in [0, 0.05) is 13.1 Å². The molecule has 0 atom stereocenters. The zero-order chi connectivity index (χ0) is 17.0. The molecule has 1 aromatic heterocycles. The van der Waals surface area contributed by atoms with Gasteiger partial charge in [0.2, 0.25) is 10.0 Å². The predicted molar refractivity (Wildman–Crippen MR) is 83.4 cm³/mol. The number of halogens is 3. The molecule has 5 nitrogen and oxygen atoms in total. The van der Waals surface area contributed by atoms with Crippen molar-refractivity contribution in [3.63, 3.8) is 0 Å². The van der Waals surface area contributed by atoms with Crippen molar-refractivity contribution in [3.8, 4) is 5.75 Å². The maximum absolute atomic E-state index is 13.1. The molecule has 2 heterocycles. The van der Waals surface area contributed by atoms with E-state index in [1.807, 2.05) is 0 Å². The highest BCUT2D eigenvalue weighted by atomic mass is 35.5. The lowest BCUT2D eigenvalue weighted by atomic mass is 9.99. The normalized spacial score (nSPS) is 17.6. The standard InChI is InChI=1S/C14H19ClF2N2O3S/c1-23(20,21)19-4-2-10(3-5-19)9-22-13-8-18-11(7-15)6-12(13)14(16)17/h6,8,10,14H,2-5,7,9H2,1H3. The molecule has 0 radical (unpaired) electrons. The summed E-state index contributed by atoms with van der Waals surface area (Å²) in [5, 5.41) is 0. The van der Waals surface area contributed by atoms with Crippen molar-refractivity contribution in [2.24, 2.45) is 5.92 Å². The minimum Gasteiger partial charge on any atom is -0.491 e. The minimum atomic E-state index is -3.17. The van der Waals surface area contributed by atoms with Crippen LogP contribution in [0.15, 0.2) is 12.3 Å². The third-order valence-electron chi connectivity index (χ3n) is 3.84. The first-order chi connectivity index (χ1) is 10.8. The summed E-state index contributed by atoms with van der Waals surface area (Å²) in [4.78, 5) is 3.97. The second-order valence-corrected chi connectivity index (χ2v) is 7.81. The molecule has 1 fully saturated rings. The highest BCUT2D eigenvalue weighted by Gasteiger charge is 2.25. The Balaban J connectivity index is 1.94. The van der Waals surface area contributed by atoms with E-state index in [-0.39, 0.29) is 29.7 Å². The van der Waals surface area contributed by atoms with E-state index < -0.39 is 16.4 Å². The van der Waals surface area contributed by atoms with E-state index in [1.165, 1.54) is 22.8 Å². The van der Waals surface area contributed by atoms with Crippen LogP contribution >= 0.6 is 11.6 Å².